The Morgan fingerprint density at radius 3 is 2.00 bits per heavy atom. The van der Waals surface area contributed by atoms with Crippen molar-refractivity contribution in [3.63, 3.8) is 0 Å². The molecule has 1 atom stereocenters. The average Bonchev–Trinajstić information content (AvgIpc) is 2.02. The van der Waals surface area contributed by atoms with E-state index in [1.54, 1.807) is 0 Å². The van der Waals surface area contributed by atoms with Crippen molar-refractivity contribution >= 4 is 17.6 Å². The van der Waals surface area contributed by atoms with Gasteiger partial charge >= 0.3 is 5.97 Å². The first kappa shape index (κ1) is 14.3. The van der Waals surface area contributed by atoms with Crippen molar-refractivity contribution in [1.29, 1.82) is 0 Å². The van der Waals surface area contributed by atoms with Crippen molar-refractivity contribution in [1.82, 2.24) is 0 Å². The van der Waals surface area contributed by atoms with Crippen LogP contribution in [-0.4, -0.2) is 28.2 Å². The topological polar surface area (TPSA) is 57.5 Å². The second kappa shape index (κ2) is 10.7. The van der Waals surface area contributed by atoms with Gasteiger partial charge in [-0.2, -0.15) is 0 Å². The van der Waals surface area contributed by atoms with Gasteiger partial charge in [-0.3, -0.25) is 0 Å². The summed E-state index contributed by atoms with van der Waals surface area (Å²) in [4.78, 5) is 9.45. The molecule has 0 saturated carbocycles. The van der Waals surface area contributed by atoms with E-state index in [1.165, 1.54) is 26.2 Å². The summed E-state index contributed by atoms with van der Waals surface area (Å²) in [6.45, 7) is 3.37. The van der Waals surface area contributed by atoms with Crippen molar-refractivity contribution < 1.29 is 15.0 Å². The minimum Gasteiger partial charge on any atom is -0.479 e. The third kappa shape index (κ3) is 16.4. The predicted octanol–water partition coefficient (Wildman–Crippen LogP) is 1.87. The number of hydrogen-bond donors (Lipinski definition) is 2. The number of aliphatic hydroxyl groups excluding tert-OH is 1. The van der Waals surface area contributed by atoms with Crippen molar-refractivity contribution in [2.24, 2.45) is 0 Å². The zero-order valence-corrected chi connectivity index (χ0v) is 8.34. The molecule has 0 aromatic carbocycles. The maximum atomic E-state index is 9.45. The molecule has 0 aliphatic carbocycles. The Labute approximate surface area is 78.4 Å². The van der Waals surface area contributed by atoms with Crippen LogP contribution in [0.1, 0.15) is 33.1 Å². The van der Waals surface area contributed by atoms with Gasteiger partial charge in [0.05, 0.1) is 0 Å². The van der Waals surface area contributed by atoms with Crippen molar-refractivity contribution in [2.45, 2.75) is 39.2 Å². The lowest BCUT2D eigenvalue weighted by atomic mass is 10.3. The summed E-state index contributed by atoms with van der Waals surface area (Å²) in [5.41, 5.74) is 0. The lowest BCUT2D eigenvalue weighted by Crippen LogP contribution is -2.13. The van der Waals surface area contributed by atoms with Gasteiger partial charge in [-0.05, 0) is 13.3 Å². The Hall–Kier alpha value is -0.280. The highest BCUT2D eigenvalue weighted by Gasteiger charge is 2.01. The van der Waals surface area contributed by atoms with Gasteiger partial charge in [0.15, 0.2) is 0 Å². The number of rotatable bonds is 4. The Morgan fingerprint density at radius 2 is 1.92 bits per heavy atom. The highest BCUT2D eigenvalue weighted by atomic mass is 35.5. The summed E-state index contributed by atoms with van der Waals surface area (Å²) in [5, 5.41) is 15.8. The fourth-order valence-corrected chi connectivity index (χ4v) is 0.533. The van der Waals surface area contributed by atoms with Crippen LogP contribution in [0, 0.1) is 0 Å². The highest BCUT2D eigenvalue weighted by Crippen LogP contribution is 1.93. The maximum absolute atomic E-state index is 9.45. The van der Waals surface area contributed by atoms with Crippen molar-refractivity contribution in [3.8, 4) is 0 Å². The van der Waals surface area contributed by atoms with E-state index in [4.69, 9.17) is 21.8 Å². The Kier molecular flexibility index (Phi) is 12.7. The normalized spacial score (nSPS) is 11.3. The number of aliphatic hydroxyl groups is 1. The first-order chi connectivity index (χ1) is 5.56. The number of carboxylic acid groups (broad SMARTS) is 1. The summed E-state index contributed by atoms with van der Waals surface area (Å²) >= 11 is 5.38. The molecule has 0 aromatic rings. The molecule has 3 nitrogen and oxygen atoms in total. The predicted molar refractivity (Wildman–Crippen MR) is 49.6 cm³/mol. The first-order valence-electron chi connectivity index (χ1n) is 4.03. The lowest BCUT2D eigenvalue weighted by Gasteiger charge is -1.89. The fourth-order valence-electron chi connectivity index (χ4n) is 0.344. The van der Waals surface area contributed by atoms with Crippen LogP contribution in [-0.2, 0) is 4.79 Å². The Morgan fingerprint density at radius 1 is 1.50 bits per heavy atom. The van der Waals surface area contributed by atoms with Gasteiger partial charge in [0.1, 0.15) is 6.10 Å². The molecule has 0 amide bonds. The molecule has 0 aromatic heterocycles. The number of alkyl halides is 1. The van der Waals surface area contributed by atoms with Gasteiger partial charge in [-0.15, -0.1) is 11.6 Å². The SMILES string of the molecule is CC(O)C(=O)O.CCCCCCl. The third-order valence-electron chi connectivity index (χ3n) is 1.09. The smallest absolute Gasteiger partial charge is 0.332 e. The molecule has 12 heavy (non-hydrogen) atoms. The largest absolute Gasteiger partial charge is 0.479 e. The van der Waals surface area contributed by atoms with Gasteiger partial charge in [-0.25, -0.2) is 4.79 Å². The fraction of sp³-hybridized carbons (Fsp3) is 0.875. The van der Waals surface area contributed by atoms with Gasteiger partial charge in [0.25, 0.3) is 0 Å². The van der Waals surface area contributed by atoms with Gasteiger partial charge in [0.2, 0.25) is 0 Å². The summed E-state index contributed by atoms with van der Waals surface area (Å²) < 4.78 is 0. The van der Waals surface area contributed by atoms with Crippen LogP contribution in [0.15, 0.2) is 0 Å². The average molecular weight is 197 g/mol. The number of carbonyl (C=O) groups is 1. The van der Waals surface area contributed by atoms with Crippen LogP contribution in [0.4, 0.5) is 0 Å². The molecular weight excluding hydrogens is 180 g/mol. The summed E-state index contributed by atoms with van der Waals surface area (Å²) in [6.07, 6.45) is 2.50. The molecule has 74 valence electrons. The van der Waals surface area contributed by atoms with Crippen LogP contribution in [0.25, 0.3) is 0 Å². The second-order valence-corrected chi connectivity index (χ2v) is 2.79. The molecule has 1 unspecified atom stereocenters. The number of carboxylic acids is 1. The minimum atomic E-state index is -1.23. The molecule has 0 aliphatic rings. The summed E-state index contributed by atoms with van der Waals surface area (Å²) in [5.74, 6) is -0.358. The van der Waals surface area contributed by atoms with E-state index < -0.39 is 12.1 Å². The van der Waals surface area contributed by atoms with Crippen LogP contribution < -0.4 is 0 Å². The molecule has 0 radical (unpaired) electrons. The zero-order chi connectivity index (χ0) is 9.98. The molecule has 0 saturated heterocycles. The van der Waals surface area contributed by atoms with Crippen molar-refractivity contribution in [3.05, 3.63) is 0 Å². The zero-order valence-electron chi connectivity index (χ0n) is 7.59. The molecule has 0 bridgehead atoms. The Bertz CT molecular complexity index is 100. The van der Waals surface area contributed by atoms with E-state index in [-0.39, 0.29) is 0 Å². The second-order valence-electron chi connectivity index (χ2n) is 2.41. The van der Waals surface area contributed by atoms with Crippen LogP contribution in [0.2, 0.25) is 0 Å². The van der Waals surface area contributed by atoms with Gasteiger partial charge in [-0.1, -0.05) is 19.8 Å². The first-order valence-corrected chi connectivity index (χ1v) is 4.56. The summed E-state index contributed by atoms with van der Waals surface area (Å²) in [6, 6.07) is 0. The molecule has 4 heteroatoms. The lowest BCUT2D eigenvalue weighted by molar-refractivity contribution is -0.145. The van der Waals surface area contributed by atoms with Gasteiger partial charge < -0.3 is 10.2 Å². The number of unbranched alkanes of at least 4 members (excludes halogenated alkanes) is 2. The van der Waals surface area contributed by atoms with Crippen molar-refractivity contribution in [2.75, 3.05) is 5.88 Å². The quantitative estimate of drug-likeness (QED) is 0.533. The summed E-state index contributed by atoms with van der Waals surface area (Å²) in [7, 11) is 0. The number of halogens is 1. The van der Waals surface area contributed by atoms with E-state index in [2.05, 4.69) is 6.92 Å². The van der Waals surface area contributed by atoms with Crippen LogP contribution in [0.5, 0.6) is 0 Å². The minimum absolute atomic E-state index is 0.827. The monoisotopic (exact) mass is 196 g/mol. The molecule has 0 fully saturated rings. The van der Waals surface area contributed by atoms with E-state index in [0.717, 1.165) is 5.88 Å². The molecule has 0 aliphatic heterocycles. The van der Waals surface area contributed by atoms with E-state index in [1.807, 2.05) is 0 Å². The third-order valence-corrected chi connectivity index (χ3v) is 1.36. The molecule has 0 heterocycles. The highest BCUT2D eigenvalue weighted by molar-refractivity contribution is 6.17. The number of aliphatic carboxylic acids is 1. The van der Waals surface area contributed by atoms with Crippen LogP contribution in [0.3, 0.4) is 0 Å². The standard InChI is InChI=1S/C5H11Cl.C3H6O3/c1-2-3-4-5-6;1-2(4)3(5)6/h2-5H2,1H3;2,4H,1H3,(H,5,6). The molecule has 0 rings (SSSR count). The maximum Gasteiger partial charge on any atom is 0.332 e. The van der Waals surface area contributed by atoms with E-state index >= 15 is 0 Å². The van der Waals surface area contributed by atoms with Gasteiger partial charge in [0, 0.05) is 5.88 Å². The molecule has 0 spiro atoms. The van der Waals surface area contributed by atoms with Crippen LogP contribution >= 0.6 is 11.6 Å². The molecule has 2 N–H and O–H groups in total. The van der Waals surface area contributed by atoms with E-state index in [0.29, 0.717) is 0 Å². The number of hydrogen-bond acceptors (Lipinski definition) is 2. The molecular formula is C8H17ClO3. The Balaban J connectivity index is 0. The van der Waals surface area contributed by atoms with E-state index in [9.17, 15) is 4.79 Å².